The highest BCUT2D eigenvalue weighted by Crippen LogP contribution is 2.57. The number of rotatable bonds is 9. The number of hydrogen-bond donors (Lipinski definition) is 0. The Labute approximate surface area is 548 Å². The van der Waals surface area contributed by atoms with Gasteiger partial charge in [0, 0.05) is 80.6 Å². The maximum Gasteiger partial charge on any atom is 0.252 e. The highest BCUT2D eigenvalue weighted by atomic mass is 28.3. The molecule has 8 heteroatoms. The third-order valence-electron chi connectivity index (χ3n) is 22.0. The molecule has 2 aliphatic carbocycles. The van der Waals surface area contributed by atoms with Gasteiger partial charge in [0.1, 0.15) is 0 Å². The molecule has 0 radical (unpaired) electrons. The van der Waals surface area contributed by atoms with Crippen molar-refractivity contribution in [2.45, 2.75) is 129 Å². The van der Waals surface area contributed by atoms with Crippen LogP contribution in [0.25, 0.3) is 72.0 Å². The normalized spacial score (nSPS) is 16.5. The van der Waals surface area contributed by atoms with E-state index in [-0.39, 0.29) is 28.4 Å². The summed E-state index contributed by atoms with van der Waals surface area (Å²) >= 11 is 0. The largest absolute Gasteiger partial charge is 0.310 e. The number of aromatic nitrogens is 3. The standard InChI is InChI=1S/C84H82BN5Si2/c1-81(2)37-39-83(5,6)68-47-74-70(45-66(68)81)85-71-46-67-69(84(7,8)40-38-82(67,3)4)48-75(71)90(80-64(55-29-21-15-22-30-55)51-87-52-65(80)56-31-23-16-24-32-56)77-42-57(88-72-35-33-58(91-9)43-60(72)61-44-59(92(10,11)12)34-36-73(61)88)41-76(78(77)85)89(74)79-62(53-25-17-13-18-26-53)49-86-50-63(79)54-27-19-14-20-28-54/h13-36,41-52H,37-40,91H2,1-12H3. The number of hydrogen-bond acceptors (Lipinski definition) is 4. The molecule has 92 heavy (non-hydrogen) atoms. The summed E-state index contributed by atoms with van der Waals surface area (Å²) in [4.78, 5) is 15.9. The molecular weight excluding hydrogens is 1150 g/mol. The van der Waals surface area contributed by atoms with Crippen molar-refractivity contribution in [2.24, 2.45) is 0 Å². The van der Waals surface area contributed by atoms with Gasteiger partial charge in [0.15, 0.2) is 0 Å². The van der Waals surface area contributed by atoms with E-state index in [2.05, 4.69) is 315 Å². The van der Waals surface area contributed by atoms with Crippen LogP contribution in [0.4, 0.5) is 34.1 Å². The molecule has 12 aromatic rings. The summed E-state index contributed by atoms with van der Waals surface area (Å²) in [7, 11) is -2.22. The fourth-order valence-corrected chi connectivity index (χ4v) is 18.4. The van der Waals surface area contributed by atoms with Crippen LogP contribution in [0.1, 0.15) is 103 Å². The van der Waals surface area contributed by atoms with Gasteiger partial charge in [-0.1, -0.05) is 250 Å². The molecule has 3 aromatic heterocycles. The van der Waals surface area contributed by atoms with Crippen LogP contribution in [0, 0.1) is 0 Å². The molecule has 5 heterocycles. The molecule has 0 spiro atoms. The molecule has 454 valence electrons. The van der Waals surface area contributed by atoms with E-state index in [4.69, 9.17) is 9.97 Å². The fraction of sp³-hybridized carbons (Fsp3) is 0.238. The Morgan fingerprint density at radius 1 is 0.402 bits per heavy atom. The average Bonchev–Trinajstić information content (AvgIpc) is 0.692. The summed E-state index contributed by atoms with van der Waals surface area (Å²) in [6.45, 7) is 29.7. The zero-order chi connectivity index (χ0) is 63.4. The van der Waals surface area contributed by atoms with Gasteiger partial charge < -0.3 is 14.4 Å². The molecule has 2 aliphatic heterocycles. The number of anilines is 6. The third-order valence-corrected chi connectivity index (χ3v) is 25.3. The van der Waals surface area contributed by atoms with E-state index in [0.717, 1.165) is 87.3 Å². The lowest BCUT2D eigenvalue weighted by Gasteiger charge is -2.49. The second-order valence-electron chi connectivity index (χ2n) is 30.6. The van der Waals surface area contributed by atoms with E-state index in [9.17, 15) is 0 Å². The van der Waals surface area contributed by atoms with Crippen LogP contribution in [0.15, 0.2) is 219 Å². The first kappa shape index (κ1) is 58.3. The van der Waals surface area contributed by atoms with Crippen LogP contribution in [-0.2, 0) is 21.7 Å². The smallest absolute Gasteiger partial charge is 0.252 e. The second-order valence-corrected chi connectivity index (χ2v) is 37.2. The van der Waals surface area contributed by atoms with Crippen LogP contribution in [0.5, 0.6) is 0 Å². The summed E-state index contributed by atoms with van der Waals surface area (Å²) in [5, 5.41) is 5.60. The Kier molecular flexibility index (Phi) is 13.4. The van der Waals surface area contributed by atoms with Gasteiger partial charge in [0.2, 0.25) is 0 Å². The molecule has 9 aromatic carbocycles. The zero-order valence-corrected chi connectivity index (χ0v) is 58.0. The van der Waals surface area contributed by atoms with E-state index >= 15 is 0 Å². The van der Waals surface area contributed by atoms with Crippen molar-refractivity contribution < 1.29 is 0 Å². The molecule has 0 saturated heterocycles. The van der Waals surface area contributed by atoms with Crippen LogP contribution in [-0.4, -0.2) is 38.8 Å². The molecule has 4 aliphatic rings. The van der Waals surface area contributed by atoms with Crippen molar-refractivity contribution in [2.75, 3.05) is 9.80 Å². The molecule has 0 N–H and O–H groups in total. The van der Waals surface area contributed by atoms with Gasteiger partial charge in [-0.15, -0.1) is 0 Å². The van der Waals surface area contributed by atoms with Crippen molar-refractivity contribution in [3.8, 4) is 50.2 Å². The zero-order valence-electron chi connectivity index (χ0n) is 55.6. The number of nitrogens with zero attached hydrogens (tertiary/aromatic N) is 5. The number of fused-ring (bicyclic) bond motifs is 9. The van der Waals surface area contributed by atoms with Crippen molar-refractivity contribution in [3.05, 3.63) is 241 Å². The minimum Gasteiger partial charge on any atom is -0.310 e. The average molecular weight is 1230 g/mol. The Balaban J connectivity index is 1.15. The SMILES string of the molecule is C[SiH2]c1ccc2c(c1)c1cc([Si](C)(C)C)ccc1n2-c1cc2c3c(c1)N(c1c(-c4ccccc4)cncc1-c1ccccc1)c1cc4c(cc1B3c1cc3c(cc1N2c1c(-c2ccccc2)cncc1-c1ccccc1)C(C)(C)CCC3(C)C)C(C)(C)CCC4(C)C. The summed E-state index contributed by atoms with van der Waals surface area (Å²) in [5.74, 6) is 0. The van der Waals surface area contributed by atoms with Gasteiger partial charge >= 0.3 is 0 Å². The molecule has 0 unspecified atom stereocenters. The van der Waals surface area contributed by atoms with Crippen LogP contribution >= 0.6 is 0 Å². The van der Waals surface area contributed by atoms with Crippen molar-refractivity contribution in [1.29, 1.82) is 0 Å². The third kappa shape index (κ3) is 9.12. The maximum atomic E-state index is 5.23. The van der Waals surface area contributed by atoms with E-state index in [1.165, 1.54) is 93.6 Å². The summed E-state index contributed by atoms with van der Waals surface area (Å²) in [6, 6.07) is 75.1. The summed E-state index contributed by atoms with van der Waals surface area (Å²) in [6.07, 6.45) is 13.0. The molecule has 0 bridgehead atoms. The molecule has 0 atom stereocenters. The van der Waals surface area contributed by atoms with Gasteiger partial charge in [-0.25, -0.2) is 0 Å². The molecular formula is C84H82BN5Si2. The Morgan fingerprint density at radius 3 is 1.13 bits per heavy atom. The van der Waals surface area contributed by atoms with Gasteiger partial charge in [0.25, 0.3) is 6.71 Å². The highest BCUT2D eigenvalue weighted by Gasteiger charge is 2.50. The van der Waals surface area contributed by atoms with Gasteiger partial charge in [0.05, 0.1) is 45.7 Å². The lowest BCUT2D eigenvalue weighted by atomic mass is 9.32. The topological polar surface area (TPSA) is 37.2 Å². The molecule has 0 amide bonds. The predicted octanol–water partition coefficient (Wildman–Crippen LogP) is 18.4. The van der Waals surface area contributed by atoms with Gasteiger partial charge in [-0.3, -0.25) is 9.97 Å². The van der Waals surface area contributed by atoms with Crippen LogP contribution in [0.2, 0.25) is 26.2 Å². The van der Waals surface area contributed by atoms with Crippen molar-refractivity contribution >= 4 is 107 Å². The van der Waals surface area contributed by atoms with Crippen LogP contribution in [0.3, 0.4) is 0 Å². The van der Waals surface area contributed by atoms with Crippen molar-refractivity contribution in [1.82, 2.24) is 14.5 Å². The number of pyridine rings is 2. The summed E-state index contributed by atoms with van der Waals surface area (Å²) in [5.41, 5.74) is 28.9. The fourth-order valence-electron chi connectivity index (χ4n) is 16.5. The minimum atomic E-state index is -1.74. The molecule has 0 saturated carbocycles. The Bertz CT molecular complexity index is 4610. The molecule has 0 fully saturated rings. The summed E-state index contributed by atoms with van der Waals surface area (Å²) < 4.78 is 2.63. The van der Waals surface area contributed by atoms with Gasteiger partial charge in [-0.05, 0) is 145 Å². The first-order valence-electron chi connectivity index (χ1n) is 33.6. The lowest BCUT2D eigenvalue weighted by molar-refractivity contribution is 0.332. The predicted molar refractivity (Wildman–Crippen MR) is 400 cm³/mol. The Hall–Kier alpha value is -8.82. The second kappa shape index (κ2) is 21.1. The lowest BCUT2D eigenvalue weighted by Crippen LogP contribution is -2.62. The van der Waals surface area contributed by atoms with Crippen molar-refractivity contribution in [3.63, 3.8) is 0 Å². The maximum absolute atomic E-state index is 5.23. The molecule has 16 rings (SSSR count). The van der Waals surface area contributed by atoms with E-state index in [0.29, 0.717) is 0 Å². The van der Waals surface area contributed by atoms with Crippen LogP contribution < -0.4 is 36.6 Å². The van der Waals surface area contributed by atoms with E-state index in [1.54, 1.807) is 0 Å². The van der Waals surface area contributed by atoms with E-state index < -0.39 is 17.6 Å². The quantitative estimate of drug-likeness (QED) is 0.135. The van der Waals surface area contributed by atoms with E-state index in [1.807, 2.05) is 0 Å². The Morgan fingerprint density at radius 2 is 0.761 bits per heavy atom. The van der Waals surface area contributed by atoms with Gasteiger partial charge in [-0.2, -0.15) is 0 Å². The first-order valence-corrected chi connectivity index (χ1v) is 39.2. The molecule has 5 nitrogen and oxygen atoms in total. The minimum absolute atomic E-state index is 0.0671. The first-order chi connectivity index (χ1) is 44.2. The monoisotopic (exact) mass is 1230 g/mol. The highest BCUT2D eigenvalue weighted by molar-refractivity contribution is 7.00. The number of benzene rings is 9.